The molecule has 0 saturated carbocycles. The van der Waals surface area contributed by atoms with E-state index in [1.807, 2.05) is 0 Å². The molecule has 6 heavy (non-hydrogen) atoms. The van der Waals surface area contributed by atoms with E-state index >= 15 is 0 Å². The first-order valence-corrected chi connectivity index (χ1v) is 3.31. The minimum atomic E-state index is 0. The second kappa shape index (κ2) is 37.8. The zero-order chi connectivity index (χ0) is 2.71. The summed E-state index contributed by atoms with van der Waals surface area (Å²) in [7, 11) is 9.53. The molecule has 46 valence electrons. The van der Waals surface area contributed by atoms with Crippen LogP contribution >= 0.6 is 20.2 Å². The van der Waals surface area contributed by atoms with Gasteiger partial charge in [0.2, 0.25) is 0 Å². The van der Waals surface area contributed by atoms with Gasteiger partial charge >= 0.3 is 33.3 Å². The predicted octanol–water partition coefficient (Wildman–Crippen LogP) is 3.53. The fourth-order valence-electron chi connectivity index (χ4n) is 0. The molecular weight excluding hydrogens is 169 g/mol. The van der Waals surface area contributed by atoms with E-state index < -0.39 is 0 Å². The van der Waals surface area contributed by atoms with E-state index in [4.69, 9.17) is 20.2 Å². The topological polar surface area (TPSA) is 100 Å². The van der Waals surface area contributed by atoms with Crippen molar-refractivity contribution in [1.29, 1.82) is 0 Å². The first-order chi connectivity index (χ1) is 1.41. The number of hydrogen-bond donors (Lipinski definition) is 0. The maximum Gasteiger partial charge on any atom is -0.693 e. The molecular formula is H6Cl2FeN3-3. The summed E-state index contributed by atoms with van der Waals surface area (Å²) in [6.45, 7) is 0. The molecule has 0 aromatic heterocycles. The van der Waals surface area contributed by atoms with Crippen LogP contribution in [0.15, 0.2) is 0 Å². The molecule has 0 bridgehead atoms. The zero-order valence-corrected chi connectivity index (χ0v) is 5.46. The molecule has 0 radical (unpaired) electrons. The minimum Gasteiger partial charge on any atom is -0.693 e. The van der Waals surface area contributed by atoms with Crippen LogP contribution in [0, 0.1) is 0 Å². The quantitative estimate of drug-likeness (QED) is 0.502. The Morgan fingerprint density at radius 2 is 0.833 bits per heavy atom. The van der Waals surface area contributed by atoms with Crippen molar-refractivity contribution in [2.24, 2.45) is 0 Å². The Bertz CT molecular complexity index is 8.75. The van der Waals surface area contributed by atoms with Gasteiger partial charge < -0.3 is 18.5 Å². The summed E-state index contributed by atoms with van der Waals surface area (Å²) >= 11 is 0.194. The summed E-state index contributed by atoms with van der Waals surface area (Å²) in [6.07, 6.45) is 0. The molecule has 0 amide bonds. The SMILES string of the molecule is [Cl][Fe][Cl].[NH2-].[NH2-].[NH2-]. The predicted molar refractivity (Wildman–Crippen MR) is 27.6 cm³/mol. The van der Waals surface area contributed by atoms with Crippen LogP contribution in [0.4, 0.5) is 0 Å². The van der Waals surface area contributed by atoms with Gasteiger partial charge in [0.15, 0.2) is 0 Å². The van der Waals surface area contributed by atoms with Crippen molar-refractivity contribution >= 4 is 20.2 Å². The van der Waals surface area contributed by atoms with Gasteiger partial charge in [-0.15, -0.1) is 0 Å². The van der Waals surface area contributed by atoms with Gasteiger partial charge in [-0.05, 0) is 0 Å². The zero-order valence-electron chi connectivity index (χ0n) is 2.84. The van der Waals surface area contributed by atoms with Crippen molar-refractivity contribution in [1.82, 2.24) is 0 Å². The normalized spacial score (nSPS) is 3.67. The standard InChI is InChI=1S/2ClH.Fe.3H2N/h2*1H;;3*1H2/q;;+2;3*-1/p-2. The summed E-state index contributed by atoms with van der Waals surface area (Å²) in [5, 5.41) is 0. The van der Waals surface area contributed by atoms with Crippen molar-refractivity contribution in [3.8, 4) is 0 Å². The summed E-state index contributed by atoms with van der Waals surface area (Å²) < 4.78 is 0. The summed E-state index contributed by atoms with van der Waals surface area (Å²) in [5.41, 5.74) is 0. The van der Waals surface area contributed by atoms with E-state index in [1.54, 1.807) is 0 Å². The first kappa shape index (κ1) is 28.1. The maximum absolute atomic E-state index is 4.76. The summed E-state index contributed by atoms with van der Waals surface area (Å²) in [6, 6.07) is 0. The molecule has 0 rings (SSSR count). The molecule has 0 aliphatic heterocycles. The fraction of sp³-hybridized carbons (Fsp3) is 0. The third-order valence-corrected chi connectivity index (χ3v) is 0. The van der Waals surface area contributed by atoms with E-state index in [2.05, 4.69) is 0 Å². The van der Waals surface area contributed by atoms with Crippen LogP contribution < -0.4 is 0 Å². The molecule has 0 aromatic carbocycles. The van der Waals surface area contributed by atoms with Crippen LogP contribution in [0.3, 0.4) is 0 Å². The van der Waals surface area contributed by atoms with Crippen molar-refractivity contribution in [2.75, 3.05) is 0 Å². The molecule has 6 heteroatoms. The molecule has 0 spiro atoms. The molecule has 6 N–H and O–H groups in total. The van der Waals surface area contributed by atoms with Crippen LogP contribution in [0.25, 0.3) is 18.5 Å². The number of halogens is 2. The van der Waals surface area contributed by atoms with E-state index in [9.17, 15) is 0 Å². The van der Waals surface area contributed by atoms with E-state index in [0.29, 0.717) is 0 Å². The van der Waals surface area contributed by atoms with Crippen LogP contribution in [-0.2, 0) is 13.1 Å². The van der Waals surface area contributed by atoms with Gasteiger partial charge in [-0.2, -0.15) is 0 Å². The fourth-order valence-corrected chi connectivity index (χ4v) is 0. The molecule has 3 nitrogen and oxygen atoms in total. The molecule has 0 saturated heterocycles. The third-order valence-electron chi connectivity index (χ3n) is 0. The van der Waals surface area contributed by atoms with Gasteiger partial charge in [-0.1, -0.05) is 0 Å². The molecule has 0 aliphatic carbocycles. The molecule has 0 atom stereocenters. The van der Waals surface area contributed by atoms with Crippen molar-refractivity contribution < 1.29 is 13.1 Å². The van der Waals surface area contributed by atoms with Gasteiger partial charge in [-0.25, -0.2) is 0 Å². The van der Waals surface area contributed by atoms with E-state index in [-0.39, 0.29) is 31.6 Å². The maximum atomic E-state index is 4.76. The summed E-state index contributed by atoms with van der Waals surface area (Å²) in [4.78, 5) is 0. The van der Waals surface area contributed by atoms with Gasteiger partial charge in [-0.3, -0.25) is 0 Å². The minimum absolute atomic E-state index is 0. The average Bonchev–Trinajstić information content (AvgIpc) is 0.918. The van der Waals surface area contributed by atoms with Crippen molar-refractivity contribution in [3.05, 3.63) is 18.5 Å². The van der Waals surface area contributed by atoms with Crippen molar-refractivity contribution in [2.45, 2.75) is 0 Å². The monoisotopic (exact) mass is 174 g/mol. The smallest absolute Gasteiger partial charge is 0.693 e. The number of nitrogens with two attached hydrogens (primary N) is 3. The van der Waals surface area contributed by atoms with Gasteiger partial charge in [0.05, 0.1) is 0 Å². The third kappa shape index (κ3) is 82.2. The molecule has 0 heterocycles. The second-order valence-corrected chi connectivity index (χ2v) is 1.87. The molecule has 0 fully saturated rings. The average molecular weight is 175 g/mol. The van der Waals surface area contributed by atoms with Crippen LogP contribution in [-0.4, -0.2) is 0 Å². The van der Waals surface area contributed by atoms with Crippen LogP contribution in [0.5, 0.6) is 0 Å². The largest absolute Gasteiger partial charge is 0.693 e. The van der Waals surface area contributed by atoms with Crippen LogP contribution in [0.1, 0.15) is 0 Å². The Balaban J connectivity index is -0.00000000667. The Morgan fingerprint density at radius 3 is 0.833 bits per heavy atom. The molecule has 0 aromatic rings. The van der Waals surface area contributed by atoms with Gasteiger partial charge in [0, 0.05) is 0 Å². The first-order valence-electron chi connectivity index (χ1n) is 0.267. The van der Waals surface area contributed by atoms with E-state index in [0.717, 1.165) is 0 Å². The Labute approximate surface area is 52.1 Å². The molecule has 0 unspecified atom stereocenters. The Hall–Kier alpha value is 0.979. The second-order valence-electron chi connectivity index (χ2n) is 0.0505. The Morgan fingerprint density at radius 1 is 0.833 bits per heavy atom. The van der Waals surface area contributed by atoms with Crippen molar-refractivity contribution in [3.63, 3.8) is 0 Å². The number of hydrogen-bond acceptors (Lipinski definition) is 0. The Kier molecular flexibility index (Phi) is 177. The van der Waals surface area contributed by atoms with E-state index in [1.165, 1.54) is 0 Å². The van der Waals surface area contributed by atoms with Crippen LogP contribution in [0.2, 0.25) is 0 Å². The van der Waals surface area contributed by atoms with Gasteiger partial charge in [0.1, 0.15) is 0 Å². The number of rotatable bonds is 0. The summed E-state index contributed by atoms with van der Waals surface area (Å²) in [5.74, 6) is 0. The van der Waals surface area contributed by atoms with Gasteiger partial charge in [0.25, 0.3) is 0 Å². The molecule has 0 aliphatic rings.